The zero-order chi connectivity index (χ0) is 23.1. The van der Waals surface area contributed by atoms with E-state index in [9.17, 15) is 14.7 Å². The quantitative estimate of drug-likeness (QED) is 0.324. The summed E-state index contributed by atoms with van der Waals surface area (Å²) in [6, 6.07) is 20.8. The van der Waals surface area contributed by atoms with E-state index in [2.05, 4.69) is 0 Å². The lowest BCUT2D eigenvalue weighted by molar-refractivity contribution is -0.117. The third kappa shape index (κ3) is 3.52. The Kier molecular flexibility index (Phi) is 5.09. The first-order valence-corrected chi connectivity index (χ1v) is 10.8. The smallest absolute Gasteiger partial charge is 0.343 e. The molecule has 164 valence electrons. The molecule has 3 aromatic carbocycles. The van der Waals surface area contributed by atoms with E-state index in [1.54, 1.807) is 19.3 Å². The molecule has 0 amide bonds. The normalized spacial score (nSPS) is 12.3. The van der Waals surface area contributed by atoms with E-state index < -0.39 is 11.5 Å². The predicted molar refractivity (Wildman–Crippen MR) is 128 cm³/mol. The summed E-state index contributed by atoms with van der Waals surface area (Å²) in [5.41, 5.74) is 3.56. The van der Waals surface area contributed by atoms with Crippen LogP contribution >= 0.6 is 0 Å². The van der Waals surface area contributed by atoms with Gasteiger partial charge >= 0.3 is 5.63 Å². The van der Waals surface area contributed by atoms with Crippen LogP contribution in [0.2, 0.25) is 0 Å². The molecule has 33 heavy (non-hydrogen) atoms. The van der Waals surface area contributed by atoms with Crippen molar-refractivity contribution in [3.05, 3.63) is 100 Å². The first-order valence-electron chi connectivity index (χ1n) is 10.8. The molecule has 2 heterocycles. The number of aromatic hydroxyl groups is 1. The first-order chi connectivity index (χ1) is 16.0. The van der Waals surface area contributed by atoms with Gasteiger partial charge in [0, 0.05) is 28.9 Å². The zero-order valence-corrected chi connectivity index (χ0v) is 18.3. The molecule has 0 aliphatic carbocycles. The molecule has 2 aromatic heterocycles. The molecule has 0 bridgehead atoms. The van der Waals surface area contributed by atoms with Gasteiger partial charge in [-0.25, -0.2) is 4.79 Å². The highest BCUT2D eigenvalue weighted by atomic mass is 16.4. The maximum atomic E-state index is 13.1. The molecule has 5 aromatic rings. The third-order valence-corrected chi connectivity index (χ3v) is 6.10. The Bertz CT molecular complexity index is 1540. The molecule has 0 saturated heterocycles. The highest BCUT2D eigenvalue weighted by Crippen LogP contribution is 2.41. The second-order valence-electron chi connectivity index (χ2n) is 8.29. The minimum absolute atomic E-state index is 0.0794. The minimum atomic E-state index is -0.660. The van der Waals surface area contributed by atoms with Gasteiger partial charge in [-0.3, -0.25) is 4.79 Å². The van der Waals surface area contributed by atoms with Crippen molar-refractivity contribution in [1.29, 1.82) is 0 Å². The van der Waals surface area contributed by atoms with E-state index in [-0.39, 0.29) is 29.1 Å². The summed E-state index contributed by atoms with van der Waals surface area (Å²) in [6.45, 7) is 3.27. The van der Waals surface area contributed by atoms with E-state index in [1.807, 2.05) is 60.7 Å². The fourth-order valence-corrected chi connectivity index (χ4v) is 4.52. The lowest BCUT2D eigenvalue weighted by Gasteiger charge is -2.18. The SMILES string of the molecule is CC(=O)CC(c1ccccc1)c1c(O)c2cc3c(-c4ccccc4)coc3c(C)c2oc1=O. The Balaban J connectivity index is 1.80. The van der Waals surface area contributed by atoms with Crippen LogP contribution < -0.4 is 5.63 Å². The Morgan fingerprint density at radius 1 is 0.970 bits per heavy atom. The average Bonchev–Trinajstić information content (AvgIpc) is 3.25. The highest BCUT2D eigenvalue weighted by molar-refractivity contribution is 6.05. The number of carbonyl (C=O) groups excluding carboxylic acids is 1. The van der Waals surface area contributed by atoms with Gasteiger partial charge in [0.25, 0.3) is 0 Å². The van der Waals surface area contributed by atoms with Gasteiger partial charge in [0.2, 0.25) is 0 Å². The molecule has 5 heteroatoms. The van der Waals surface area contributed by atoms with Crippen LogP contribution in [-0.2, 0) is 4.79 Å². The van der Waals surface area contributed by atoms with E-state index in [0.29, 0.717) is 16.5 Å². The number of fused-ring (bicyclic) bond motifs is 2. The van der Waals surface area contributed by atoms with Crippen LogP contribution in [0.1, 0.15) is 36.0 Å². The number of hydrogen-bond acceptors (Lipinski definition) is 5. The molecule has 0 spiro atoms. The molecule has 1 unspecified atom stereocenters. The topological polar surface area (TPSA) is 80.7 Å². The number of Topliss-reactive ketones (excluding diaryl/α,β-unsaturated/α-hetero) is 1. The molecule has 0 aliphatic heterocycles. The number of rotatable bonds is 5. The van der Waals surface area contributed by atoms with E-state index in [4.69, 9.17) is 8.83 Å². The number of ketones is 1. The van der Waals surface area contributed by atoms with Crippen LogP contribution in [0, 0.1) is 6.92 Å². The molecule has 5 rings (SSSR count). The van der Waals surface area contributed by atoms with E-state index >= 15 is 0 Å². The van der Waals surface area contributed by atoms with Crippen LogP contribution in [0.5, 0.6) is 5.75 Å². The summed E-state index contributed by atoms with van der Waals surface area (Å²) in [5.74, 6) is -0.865. The summed E-state index contributed by atoms with van der Waals surface area (Å²) in [7, 11) is 0. The summed E-state index contributed by atoms with van der Waals surface area (Å²) in [4.78, 5) is 25.2. The number of benzene rings is 3. The van der Waals surface area contributed by atoms with Gasteiger partial charge < -0.3 is 13.9 Å². The van der Waals surface area contributed by atoms with Gasteiger partial charge in [-0.15, -0.1) is 0 Å². The van der Waals surface area contributed by atoms with Crippen LogP contribution in [-0.4, -0.2) is 10.9 Å². The maximum absolute atomic E-state index is 13.1. The molecule has 1 N–H and O–H groups in total. The fraction of sp³-hybridized carbons (Fsp3) is 0.143. The standard InChI is InChI=1S/C28H22O5/c1-16(29)13-20(18-9-5-3-6-10-18)24-25(30)22-14-21-23(19-11-7-4-8-12-19)15-32-26(21)17(2)27(22)33-28(24)31/h3-12,14-15,20,30H,13H2,1-2H3. The van der Waals surface area contributed by atoms with Gasteiger partial charge in [-0.1, -0.05) is 60.7 Å². The molecule has 0 saturated carbocycles. The summed E-state index contributed by atoms with van der Waals surface area (Å²) < 4.78 is 11.6. The van der Waals surface area contributed by atoms with Gasteiger partial charge in [-0.2, -0.15) is 0 Å². The predicted octanol–water partition coefficient (Wildman–Crippen LogP) is 6.33. The number of aryl methyl sites for hydroxylation is 1. The van der Waals surface area contributed by atoms with Crippen molar-refractivity contribution in [3.8, 4) is 16.9 Å². The molecule has 5 nitrogen and oxygen atoms in total. The van der Waals surface area contributed by atoms with Crippen molar-refractivity contribution in [1.82, 2.24) is 0 Å². The van der Waals surface area contributed by atoms with Crippen molar-refractivity contribution >= 4 is 27.7 Å². The van der Waals surface area contributed by atoms with Gasteiger partial charge in [-0.05, 0) is 31.0 Å². The lowest BCUT2D eigenvalue weighted by Crippen LogP contribution is -2.16. The largest absolute Gasteiger partial charge is 0.507 e. The second-order valence-corrected chi connectivity index (χ2v) is 8.29. The van der Waals surface area contributed by atoms with Crippen molar-refractivity contribution < 1.29 is 18.7 Å². The van der Waals surface area contributed by atoms with Crippen molar-refractivity contribution in [3.63, 3.8) is 0 Å². The maximum Gasteiger partial charge on any atom is 0.343 e. The van der Waals surface area contributed by atoms with Crippen LogP contribution in [0.4, 0.5) is 0 Å². The Morgan fingerprint density at radius 2 is 1.64 bits per heavy atom. The fourth-order valence-electron chi connectivity index (χ4n) is 4.52. The summed E-state index contributed by atoms with van der Waals surface area (Å²) in [5, 5.41) is 12.6. The van der Waals surface area contributed by atoms with Crippen LogP contribution in [0.15, 0.2) is 86.6 Å². The molecular weight excluding hydrogens is 416 g/mol. The molecule has 0 fully saturated rings. The second kappa shape index (κ2) is 8.10. The van der Waals surface area contributed by atoms with Crippen molar-refractivity contribution in [2.45, 2.75) is 26.2 Å². The third-order valence-electron chi connectivity index (χ3n) is 6.10. The zero-order valence-electron chi connectivity index (χ0n) is 18.3. The van der Waals surface area contributed by atoms with Gasteiger partial charge in [0.15, 0.2) is 0 Å². The Morgan fingerprint density at radius 3 is 2.30 bits per heavy atom. The van der Waals surface area contributed by atoms with E-state index in [0.717, 1.165) is 22.1 Å². The monoisotopic (exact) mass is 438 g/mol. The van der Waals surface area contributed by atoms with Crippen LogP contribution in [0.25, 0.3) is 33.1 Å². The van der Waals surface area contributed by atoms with E-state index in [1.165, 1.54) is 6.92 Å². The van der Waals surface area contributed by atoms with Crippen LogP contribution in [0.3, 0.4) is 0 Å². The lowest BCUT2D eigenvalue weighted by atomic mass is 9.87. The Labute approximate surface area is 189 Å². The molecule has 0 radical (unpaired) electrons. The summed E-state index contributed by atoms with van der Waals surface area (Å²) >= 11 is 0. The van der Waals surface area contributed by atoms with Gasteiger partial charge in [0.05, 0.1) is 17.2 Å². The summed E-state index contributed by atoms with van der Waals surface area (Å²) in [6.07, 6.45) is 1.75. The highest BCUT2D eigenvalue weighted by Gasteiger charge is 2.27. The average molecular weight is 438 g/mol. The Hall–Kier alpha value is -4.12. The van der Waals surface area contributed by atoms with Crippen molar-refractivity contribution in [2.75, 3.05) is 0 Å². The minimum Gasteiger partial charge on any atom is -0.507 e. The van der Waals surface area contributed by atoms with Crippen molar-refractivity contribution in [2.24, 2.45) is 0 Å². The number of hydrogen-bond donors (Lipinski definition) is 1. The first kappa shape index (κ1) is 20.8. The molecule has 1 atom stereocenters. The molecular formula is C28H22O5. The van der Waals surface area contributed by atoms with Gasteiger partial charge in [0.1, 0.15) is 22.7 Å². The molecule has 0 aliphatic rings. The number of furan rings is 1. The number of carbonyl (C=O) groups is 1.